The van der Waals surface area contributed by atoms with Gasteiger partial charge in [0.1, 0.15) is 11.4 Å². The Kier molecular flexibility index (Phi) is 6.72. The van der Waals surface area contributed by atoms with Gasteiger partial charge in [0, 0.05) is 18.8 Å². The number of cyclic esters (lactones) is 1. The largest absolute Gasteiger partial charge is 0.495 e. The molecule has 1 saturated heterocycles. The smallest absolute Gasteiger partial charge is 0.327 e. The van der Waals surface area contributed by atoms with E-state index in [4.69, 9.17) is 21.1 Å². The summed E-state index contributed by atoms with van der Waals surface area (Å²) in [7, 11) is 1.58. The van der Waals surface area contributed by atoms with Crippen molar-refractivity contribution in [3.05, 3.63) is 46.7 Å². The number of carbonyl (C=O) groups is 2. The fraction of sp³-hybridized carbons (Fsp3) is 0.480. The molecule has 3 heterocycles. The number of fused-ring (bicyclic) bond motifs is 1. The normalized spacial score (nSPS) is 23.1. The summed E-state index contributed by atoms with van der Waals surface area (Å²) in [5, 5.41) is 4.27. The van der Waals surface area contributed by atoms with Crippen LogP contribution in [-0.4, -0.2) is 49.3 Å². The third kappa shape index (κ3) is 4.89. The number of ether oxygens (including phenoxy) is 2. The van der Waals surface area contributed by atoms with E-state index in [0.717, 1.165) is 48.6 Å². The Balaban J connectivity index is 1.34. The maximum absolute atomic E-state index is 13.4. The van der Waals surface area contributed by atoms with Crippen LogP contribution in [0.3, 0.4) is 0 Å². The monoisotopic (exact) mass is 514 g/mol. The van der Waals surface area contributed by atoms with Crippen LogP contribution in [0, 0.1) is 12.8 Å². The average Bonchev–Trinajstić information content (AvgIpc) is 3.50. The molecule has 2 atom stereocenters. The van der Waals surface area contributed by atoms with E-state index in [0.29, 0.717) is 34.5 Å². The topological polar surface area (TPSA) is 95.7 Å². The standard InChI is InChI=1S/C25H27ClN4O4S/c1-15-13-27-23-28-24(29-30(23)14-15)35-21-19(31)12-25(34-22(21)32,17-5-3-4-6-17)10-9-16-7-8-20(33-2)18(26)11-16/h7-8,11,13-14,17,21H,3-6,9-10,12H2,1-2H3. The maximum Gasteiger partial charge on any atom is 0.327 e. The van der Waals surface area contributed by atoms with Gasteiger partial charge in [-0.3, -0.25) is 9.59 Å². The third-order valence-electron chi connectivity index (χ3n) is 6.96. The first kappa shape index (κ1) is 24.1. The quantitative estimate of drug-likeness (QED) is 0.332. The van der Waals surface area contributed by atoms with Crippen molar-refractivity contribution in [2.24, 2.45) is 5.92 Å². The number of ketones is 1. The Bertz CT molecular complexity index is 1260. The molecule has 1 aromatic carbocycles. The highest BCUT2D eigenvalue weighted by Gasteiger charge is 2.52. The molecule has 8 nitrogen and oxygen atoms in total. The summed E-state index contributed by atoms with van der Waals surface area (Å²) in [6, 6.07) is 5.67. The molecule has 1 aliphatic heterocycles. The zero-order valence-electron chi connectivity index (χ0n) is 19.7. The Hall–Kier alpha value is -2.65. The highest BCUT2D eigenvalue weighted by Crippen LogP contribution is 2.45. The fourth-order valence-corrected chi connectivity index (χ4v) is 6.30. The Labute approximate surface area is 212 Å². The van der Waals surface area contributed by atoms with Crippen LogP contribution in [0.15, 0.2) is 35.7 Å². The molecule has 0 N–H and O–H groups in total. The first-order valence-corrected chi connectivity index (χ1v) is 13.1. The zero-order valence-corrected chi connectivity index (χ0v) is 21.3. The fourth-order valence-electron chi connectivity index (χ4n) is 5.18. The van der Waals surface area contributed by atoms with E-state index in [1.807, 2.05) is 25.1 Å². The van der Waals surface area contributed by atoms with E-state index in [2.05, 4.69) is 15.1 Å². The van der Waals surface area contributed by atoms with Crippen molar-refractivity contribution in [1.29, 1.82) is 0 Å². The van der Waals surface area contributed by atoms with Gasteiger partial charge in [0.05, 0.1) is 12.1 Å². The molecule has 1 aliphatic carbocycles. The van der Waals surface area contributed by atoms with Gasteiger partial charge in [0.15, 0.2) is 11.0 Å². The number of thioether (sulfide) groups is 1. The summed E-state index contributed by atoms with van der Waals surface area (Å²) in [5.74, 6) is 0.581. The second kappa shape index (κ2) is 9.78. The van der Waals surface area contributed by atoms with E-state index < -0.39 is 16.8 Å². The number of hydrogen-bond acceptors (Lipinski definition) is 8. The molecular formula is C25H27ClN4O4S. The number of nitrogens with zero attached hydrogens (tertiary/aromatic N) is 4. The minimum Gasteiger partial charge on any atom is -0.495 e. The van der Waals surface area contributed by atoms with Crippen LogP contribution in [0.5, 0.6) is 5.75 Å². The molecular weight excluding hydrogens is 488 g/mol. The van der Waals surface area contributed by atoms with Crippen LogP contribution in [0.25, 0.3) is 5.78 Å². The first-order chi connectivity index (χ1) is 16.9. The van der Waals surface area contributed by atoms with E-state index in [1.54, 1.807) is 24.0 Å². The molecule has 0 radical (unpaired) electrons. The molecule has 2 aliphatic rings. The molecule has 3 aromatic rings. The number of Topliss-reactive ketones (excluding diaryl/α,β-unsaturated/α-hetero) is 1. The molecule has 2 unspecified atom stereocenters. The second-order valence-corrected chi connectivity index (χ2v) is 10.8. The maximum atomic E-state index is 13.4. The van der Waals surface area contributed by atoms with Crippen molar-refractivity contribution >= 4 is 40.9 Å². The van der Waals surface area contributed by atoms with Crippen molar-refractivity contribution in [3.8, 4) is 5.75 Å². The average molecular weight is 515 g/mol. The summed E-state index contributed by atoms with van der Waals surface area (Å²) >= 11 is 7.35. The molecule has 35 heavy (non-hydrogen) atoms. The number of esters is 1. The predicted octanol–water partition coefficient (Wildman–Crippen LogP) is 4.63. The Morgan fingerprint density at radius 3 is 2.80 bits per heavy atom. The zero-order chi connectivity index (χ0) is 24.6. The molecule has 0 bridgehead atoms. The SMILES string of the molecule is COc1ccc(CCC2(C3CCCC3)CC(=O)C(Sc3nc4ncc(C)cn4n3)C(=O)O2)cc1Cl. The van der Waals surface area contributed by atoms with E-state index in [1.165, 1.54) is 0 Å². The number of hydrogen-bond donors (Lipinski definition) is 0. The van der Waals surface area contributed by atoms with Gasteiger partial charge in [-0.1, -0.05) is 42.3 Å². The number of methoxy groups -OCH3 is 1. The Morgan fingerprint density at radius 1 is 1.29 bits per heavy atom. The lowest BCUT2D eigenvalue weighted by molar-refractivity contribution is -0.177. The van der Waals surface area contributed by atoms with Crippen LogP contribution in [0.1, 0.15) is 49.7 Å². The van der Waals surface area contributed by atoms with Gasteiger partial charge in [-0.15, -0.1) is 5.10 Å². The minimum atomic E-state index is -0.974. The van der Waals surface area contributed by atoms with Crippen LogP contribution in [0.2, 0.25) is 5.02 Å². The van der Waals surface area contributed by atoms with Gasteiger partial charge in [-0.05, 0) is 61.8 Å². The Morgan fingerprint density at radius 2 is 2.09 bits per heavy atom. The van der Waals surface area contributed by atoms with Gasteiger partial charge in [0.25, 0.3) is 5.78 Å². The van der Waals surface area contributed by atoms with Gasteiger partial charge in [0.2, 0.25) is 5.16 Å². The van der Waals surface area contributed by atoms with Gasteiger partial charge < -0.3 is 9.47 Å². The van der Waals surface area contributed by atoms with Crippen LogP contribution in [0.4, 0.5) is 0 Å². The molecule has 5 rings (SSSR count). The van der Waals surface area contributed by atoms with Crippen LogP contribution in [-0.2, 0) is 20.7 Å². The van der Waals surface area contributed by atoms with Gasteiger partial charge in [-0.25, -0.2) is 9.50 Å². The van der Waals surface area contributed by atoms with E-state index in [-0.39, 0.29) is 18.1 Å². The van der Waals surface area contributed by atoms with Crippen molar-refractivity contribution in [2.45, 2.75) is 67.9 Å². The van der Waals surface area contributed by atoms with Gasteiger partial charge >= 0.3 is 5.97 Å². The lowest BCUT2D eigenvalue weighted by Crippen LogP contribution is -2.53. The number of benzene rings is 1. The molecule has 2 fully saturated rings. The van der Waals surface area contributed by atoms with E-state index >= 15 is 0 Å². The highest BCUT2D eigenvalue weighted by atomic mass is 35.5. The lowest BCUT2D eigenvalue weighted by atomic mass is 9.76. The summed E-state index contributed by atoms with van der Waals surface area (Å²) in [6.45, 7) is 1.91. The van der Waals surface area contributed by atoms with Crippen molar-refractivity contribution in [3.63, 3.8) is 0 Å². The van der Waals surface area contributed by atoms with Crippen LogP contribution < -0.4 is 4.74 Å². The summed E-state index contributed by atoms with van der Waals surface area (Å²) in [5.41, 5.74) is 1.16. The van der Waals surface area contributed by atoms with Crippen molar-refractivity contribution in [2.75, 3.05) is 7.11 Å². The summed E-state index contributed by atoms with van der Waals surface area (Å²) in [6.07, 6.45) is 9.02. The number of halogens is 1. The van der Waals surface area contributed by atoms with E-state index in [9.17, 15) is 9.59 Å². The van der Waals surface area contributed by atoms with Crippen molar-refractivity contribution < 1.29 is 19.1 Å². The molecule has 2 aromatic heterocycles. The lowest BCUT2D eigenvalue weighted by Gasteiger charge is -2.42. The summed E-state index contributed by atoms with van der Waals surface area (Å²) in [4.78, 5) is 35.2. The number of carbonyl (C=O) groups excluding carboxylic acids is 2. The van der Waals surface area contributed by atoms with Crippen molar-refractivity contribution in [1.82, 2.24) is 19.6 Å². The summed E-state index contributed by atoms with van der Waals surface area (Å²) < 4.78 is 13.0. The number of rotatable bonds is 7. The molecule has 0 amide bonds. The van der Waals surface area contributed by atoms with Crippen LogP contribution >= 0.6 is 23.4 Å². The highest BCUT2D eigenvalue weighted by molar-refractivity contribution is 8.01. The minimum absolute atomic E-state index is 0.131. The molecule has 1 saturated carbocycles. The number of aryl methyl sites for hydroxylation is 2. The molecule has 0 spiro atoms. The molecule has 10 heteroatoms. The number of aromatic nitrogens is 4. The molecule has 184 valence electrons. The van der Waals surface area contributed by atoms with Gasteiger partial charge in [-0.2, -0.15) is 4.98 Å². The first-order valence-electron chi connectivity index (χ1n) is 11.8. The predicted molar refractivity (Wildman–Crippen MR) is 132 cm³/mol. The third-order valence-corrected chi connectivity index (χ3v) is 8.33. The second-order valence-electron chi connectivity index (χ2n) is 9.35.